The van der Waals surface area contributed by atoms with Crippen LogP contribution in [0.15, 0.2) is 115 Å². The normalized spacial score (nSPS) is 17.0. The second-order valence-electron chi connectivity index (χ2n) is 17.0. The predicted octanol–water partition coefficient (Wildman–Crippen LogP) is 8.57. The van der Waals surface area contributed by atoms with E-state index in [1.54, 1.807) is 68.0 Å². The third-order valence-corrected chi connectivity index (χ3v) is 11.7. The van der Waals surface area contributed by atoms with Crippen LogP contribution in [-0.2, 0) is 23.9 Å². The quantitative estimate of drug-likeness (QED) is 0.0762. The van der Waals surface area contributed by atoms with E-state index in [1.165, 1.54) is 0 Å². The Labute approximate surface area is 377 Å². The van der Waals surface area contributed by atoms with Crippen LogP contribution in [0.4, 0.5) is 15.3 Å². The molecule has 336 valence electrons. The molecular formula is C50H54N8O7. The highest BCUT2D eigenvalue weighted by molar-refractivity contribution is 5.99. The van der Waals surface area contributed by atoms with Crippen LogP contribution in [0.5, 0.6) is 0 Å². The van der Waals surface area contributed by atoms with Gasteiger partial charge in [-0.05, 0) is 100 Å². The van der Waals surface area contributed by atoms with E-state index >= 15 is 0 Å². The van der Waals surface area contributed by atoms with E-state index in [0.29, 0.717) is 48.6 Å². The van der Waals surface area contributed by atoms with Gasteiger partial charge in [0.15, 0.2) is 0 Å². The molecule has 0 saturated carbocycles. The maximum absolute atomic E-state index is 14.1. The van der Waals surface area contributed by atoms with E-state index in [0.717, 1.165) is 46.3 Å². The molecule has 0 unspecified atom stereocenters. The molecule has 4 heterocycles. The Morgan fingerprint density at radius 3 is 1.83 bits per heavy atom. The van der Waals surface area contributed by atoms with Crippen LogP contribution in [0, 0.1) is 0 Å². The molecule has 6 aromatic rings. The molecule has 65 heavy (non-hydrogen) atoms. The number of fused-ring (bicyclic) bond motifs is 1. The highest BCUT2D eigenvalue weighted by Gasteiger charge is 2.39. The van der Waals surface area contributed by atoms with Crippen LogP contribution < -0.4 is 16.0 Å². The number of hydrogen-bond donors (Lipinski definition) is 5. The molecule has 2 saturated heterocycles. The van der Waals surface area contributed by atoms with Crippen molar-refractivity contribution in [3.63, 3.8) is 0 Å². The maximum atomic E-state index is 14.1. The Morgan fingerprint density at radius 1 is 0.646 bits per heavy atom. The zero-order chi connectivity index (χ0) is 45.6. The number of anilines is 1. The first-order chi connectivity index (χ1) is 31.4. The largest absolute Gasteiger partial charge is 0.447 e. The van der Waals surface area contributed by atoms with Crippen molar-refractivity contribution in [1.29, 1.82) is 0 Å². The van der Waals surface area contributed by atoms with Crippen LogP contribution in [0.2, 0.25) is 0 Å². The molecule has 2 aromatic heterocycles. The number of ether oxygens (including phenoxy) is 2. The number of aromatic amines is 2. The van der Waals surface area contributed by atoms with Crippen molar-refractivity contribution < 1.29 is 33.4 Å². The van der Waals surface area contributed by atoms with Gasteiger partial charge in [-0.2, -0.15) is 0 Å². The number of likely N-dealkylation sites (tertiary alicyclic amines) is 2. The third kappa shape index (κ3) is 10.2. The first-order valence-electron chi connectivity index (χ1n) is 22.2. The molecule has 0 spiro atoms. The molecule has 5 amide bonds. The van der Waals surface area contributed by atoms with E-state index in [-0.39, 0.29) is 36.0 Å². The summed E-state index contributed by atoms with van der Waals surface area (Å²) in [7, 11) is 0. The van der Waals surface area contributed by atoms with Gasteiger partial charge in [0.05, 0.1) is 30.1 Å². The minimum Gasteiger partial charge on any atom is -0.447 e. The molecule has 0 aliphatic carbocycles. The van der Waals surface area contributed by atoms with E-state index in [1.807, 2.05) is 72.8 Å². The number of aromatic nitrogens is 3. The van der Waals surface area contributed by atoms with Crippen molar-refractivity contribution in [2.24, 2.45) is 0 Å². The van der Waals surface area contributed by atoms with Crippen molar-refractivity contribution in [2.45, 2.75) is 89.8 Å². The number of imidazole rings is 1. The fourth-order valence-electron chi connectivity index (χ4n) is 8.61. The summed E-state index contributed by atoms with van der Waals surface area (Å²) in [6, 6.07) is 30.9. The highest BCUT2D eigenvalue weighted by atomic mass is 16.6. The average molecular weight is 879 g/mol. The molecule has 4 aromatic carbocycles. The molecule has 4 atom stereocenters. The Hall–Kier alpha value is -7.42. The number of H-pyrrole nitrogens is 2. The first-order valence-corrected chi connectivity index (χ1v) is 22.2. The monoisotopic (exact) mass is 878 g/mol. The number of amides is 5. The topological polar surface area (TPSA) is 191 Å². The van der Waals surface area contributed by atoms with Crippen LogP contribution in [-0.4, -0.2) is 86.0 Å². The fourth-order valence-corrected chi connectivity index (χ4v) is 8.61. The number of alkyl carbamates (subject to hydrolysis) is 2. The van der Waals surface area contributed by atoms with Crippen molar-refractivity contribution in [3.8, 4) is 22.5 Å². The van der Waals surface area contributed by atoms with Gasteiger partial charge < -0.3 is 45.2 Å². The van der Waals surface area contributed by atoms with Crippen molar-refractivity contribution in [3.05, 3.63) is 132 Å². The smallest absolute Gasteiger partial charge is 0.408 e. The number of benzene rings is 4. The van der Waals surface area contributed by atoms with Crippen LogP contribution >= 0.6 is 0 Å². The number of hydrogen-bond acceptors (Lipinski definition) is 8. The van der Waals surface area contributed by atoms with Crippen molar-refractivity contribution >= 4 is 46.5 Å². The molecule has 8 rings (SSSR count). The van der Waals surface area contributed by atoms with E-state index < -0.39 is 30.3 Å². The van der Waals surface area contributed by atoms with Gasteiger partial charge in [-0.1, -0.05) is 78.9 Å². The molecule has 0 bridgehead atoms. The summed E-state index contributed by atoms with van der Waals surface area (Å²) < 4.78 is 10.6. The third-order valence-electron chi connectivity index (χ3n) is 11.7. The number of nitrogens with one attached hydrogen (secondary N) is 5. The number of nitrogens with zero attached hydrogens (tertiary/aromatic N) is 3. The van der Waals surface area contributed by atoms with E-state index in [4.69, 9.17) is 14.5 Å². The second-order valence-corrected chi connectivity index (χ2v) is 17.0. The standard InChI is InChI=1S/C50H54N8O7/c1-30(2)64-49(62)55-43(33-13-7-5-8-14-33)47(60)57-25-11-17-41(57)45-51-29-40(54-45)35-21-24-38-36(27-35)28-39(53-38)32-19-22-37(23-20-32)52-46(59)42-18-12-26-58(42)48(61)44(34-15-9-6-10-16-34)56-50(63)65-31(3)4/h5-10,13-16,19-24,27-31,41-44,53H,11-12,17-18,25-26H2,1-4H3,(H,51,54)(H,52,59)(H,55,62)(H,56,63)/t41-,42-,43+,44+/m0/s1. The van der Waals surface area contributed by atoms with Gasteiger partial charge >= 0.3 is 12.2 Å². The molecule has 2 fully saturated rings. The van der Waals surface area contributed by atoms with Crippen molar-refractivity contribution in [1.82, 2.24) is 35.4 Å². The maximum Gasteiger partial charge on any atom is 0.408 e. The van der Waals surface area contributed by atoms with Gasteiger partial charge in [0.2, 0.25) is 5.91 Å². The Morgan fingerprint density at radius 2 is 1.22 bits per heavy atom. The molecule has 2 aliphatic heterocycles. The predicted molar refractivity (Wildman–Crippen MR) is 246 cm³/mol. The molecule has 5 N–H and O–H groups in total. The van der Waals surface area contributed by atoms with E-state index in [2.05, 4.69) is 38.1 Å². The number of carbonyl (C=O) groups is 5. The van der Waals surface area contributed by atoms with Gasteiger partial charge in [-0.25, -0.2) is 14.6 Å². The Kier molecular flexibility index (Phi) is 13.3. The Balaban J connectivity index is 0.927. The Bertz CT molecular complexity index is 2640. The summed E-state index contributed by atoms with van der Waals surface area (Å²) in [6.07, 6.45) is 2.39. The van der Waals surface area contributed by atoms with Crippen molar-refractivity contribution in [2.75, 3.05) is 18.4 Å². The molecular weight excluding hydrogens is 825 g/mol. The minimum atomic E-state index is -1.01. The fraction of sp³-hybridized carbons (Fsp3) is 0.320. The number of rotatable bonds is 13. The summed E-state index contributed by atoms with van der Waals surface area (Å²) in [5, 5.41) is 9.48. The summed E-state index contributed by atoms with van der Waals surface area (Å²) in [4.78, 5) is 82.1. The molecule has 0 radical (unpaired) electrons. The van der Waals surface area contributed by atoms with Gasteiger partial charge in [0.1, 0.15) is 23.9 Å². The van der Waals surface area contributed by atoms with Gasteiger partial charge in [0, 0.05) is 40.9 Å². The lowest BCUT2D eigenvalue weighted by Crippen LogP contribution is -2.48. The highest BCUT2D eigenvalue weighted by Crippen LogP contribution is 2.35. The lowest BCUT2D eigenvalue weighted by atomic mass is 10.0. The zero-order valence-electron chi connectivity index (χ0n) is 36.9. The lowest BCUT2D eigenvalue weighted by Gasteiger charge is -2.29. The SMILES string of the molecule is CC(C)OC(=O)N[C@@H](C(=O)N1CCC[C@H]1C(=O)Nc1ccc(-c2cc3cc(-c4cnc([C@@H]5CCCN5C(=O)[C@H](NC(=O)OC(C)C)c5ccccc5)[nH]4)ccc3[nH]2)cc1)c1ccccc1. The lowest BCUT2D eigenvalue weighted by molar-refractivity contribution is -0.138. The zero-order valence-corrected chi connectivity index (χ0v) is 36.9. The van der Waals surface area contributed by atoms with Gasteiger partial charge in [-0.3, -0.25) is 14.4 Å². The second kappa shape index (κ2) is 19.5. The summed E-state index contributed by atoms with van der Waals surface area (Å²) >= 11 is 0. The summed E-state index contributed by atoms with van der Waals surface area (Å²) in [5.41, 5.74) is 6.34. The van der Waals surface area contributed by atoms with Crippen LogP contribution in [0.25, 0.3) is 33.4 Å². The minimum absolute atomic E-state index is 0.227. The summed E-state index contributed by atoms with van der Waals surface area (Å²) in [5.74, 6) is -0.227. The molecule has 15 nitrogen and oxygen atoms in total. The van der Waals surface area contributed by atoms with E-state index in [9.17, 15) is 24.0 Å². The molecule has 15 heteroatoms. The first kappa shape index (κ1) is 44.2. The van der Waals surface area contributed by atoms with Crippen LogP contribution in [0.3, 0.4) is 0 Å². The molecule has 2 aliphatic rings. The van der Waals surface area contributed by atoms with Crippen LogP contribution in [0.1, 0.15) is 88.5 Å². The van der Waals surface area contributed by atoms with Gasteiger partial charge in [0.25, 0.3) is 11.8 Å². The number of carbonyl (C=O) groups excluding carboxylic acids is 5. The summed E-state index contributed by atoms with van der Waals surface area (Å²) in [6.45, 7) is 7.90. The average Bonchev–Trinajstić information content (AvgIpc) is 4.14. The van der Waals surface area contributed by atoms with Gasteiger partial charge in [-0.15, -0.1) is 0 Å².